The lowest BCUT2D eigenvalue weighted by Crippen LogP contribution is -2.32. The standard InChI is InChI=1S/C25H29NO5/c1-3-13-28-15-17-30-18-16-29-14-12-26(2)25(27)31-19-24-22-10-6-4-8-20(22)21-9-5-7-11-23(21)24/h1,4-11,24H,12-19H2,2H3. The van der Waals surface area contributed by atoms with Crippen LogP contribution in [0.4, 0.5) is 4.79 Å². The molecule has 1 amide bonds. The lowest BCUT2D eigenvalue weighted by Gasteiger charge is -2.19. The van der Waals surface area contributed by atoms with Crippen molar-refractivity contribution in [1.29, 1.82) is 0 Å². The number of benzene rings is 2. The van der Waals surface area contributed by atoms with Gasteiger partial charge >= 0.3 is 6.09 Å². The first kappa shape index (κ1) is 22.8. The number of likely N-dealkylation sites (N-methyl/N-ethyl adjacent to an activating group) is 1. The van der Waals surface area contributed by atoms with Gasteiger partial charge in [0.2, 0.25) is 0 Å². The van der Waals surface area contributed by atoms with Crippen LogP contribution in [-0.4, -0.2) is 70.8 Å². The Kier molecular flexibility index (Phi) is 8.92. The van der Waals surface area contributed by atoms with Gasteiger partial charge in [-0.3, -0.25) is 0 Å². The van der Waals surface area contributed by atoms with Crippen LogP contribution >= 0.6 is 0 Å². The fourth-order valence-corrected chi connectivity index (χ4v) is 3.57. The van der Waals surface area contributed by atoms with E-state index >= 15 is 0 Å². The molecule has 0 aliphatic heterocycles. The summed E-state index contributed by atoms with van der Waals surface area (Å²) < 4.78 is 21.6. The first-order valence-corrected chi connectivity index (χ1v) is 10.4. The van der Waals surface area contributed by atoms with Gasteiger partial charge in [-0.2, -0.15) is 0 Å². The number of rotatable bonds is 12. The van der Waals surface area contributed by atoms with E-state index in [9.17, 15) is 4.79 Å². The van der Waals surface area contributed by atoms with Crippen LogP contribution in [0, 0.1) is 12.3 Å². The number of fused-ring (bicyclic) bond motifs is 3. The summed E-state index contributed by atoms with van der Waals surface area (Å²) in [7, 11) is 1.71. The second-order valence-electron chi connectivity index (χ2n) is 7.21. The van der Waals surface area contributed by atoms with Gasteiger partial charge in [-0.05, 0) is 22.3 Å². The van der Waals surface area contributed by atoms with Crippen LogP contribution < -0.4 is 0 Å². The van der Waals surface area contributed by atoms with Crippen LogP contribution in [0.3, 0.4) is 0 Å². The summed E-state index contributed by atoms with van der Waals surface area (Å²) in [4.78, 5) is 13.9. The molecular formula is C25H29NO5. The van der Waals surface area contributed by atoms with Crippen molar-refractivity contribution >= 4 is 6.09 Å². The molecule has 0 fully saturated rings. The van der Waals surface area contributed by atoms with Crippen LogP contribution in [-0.2, 0) is 18.9 Å². The SMILES string of the molecule is C#CCOCCOCCOCCN(C)C(=O)OCC1c2ccccc2-c2ccccc21. The van der Waals surface area contributed by atoms with Crippen LogP contribution in [0.15, 0.2) is 48.5 Å². The monoisotopic (exact) mass is 423 g/mol. The van der Waals surface area contributed by atoms with Crippen LogP contribution in [0.1, 0.15) is 17.0 Å². The Morgan fingerprint density at radius 3 is 2.06 bits per heavy atom. The van der Waals surface area contributed by atoms with E-state index in [0.717, 1.165) is 0 Å². The summed E-state index contributed by atoms with van der Waals surface area (Å²) >= 11 is 0. The molecule has 3 rings (SSSR count). The van der Waals surface area contributed by atoms with Gasteiger partial charge in [0.05, 0.1) is 33.0 Å². The summed E-state index contributed by atoms with van der Waals surface area (Å²) in [5, 5.41) is 0. The molecule has 0 saturated carbocycles. The van der Waals surface area contributed by atoms with Gasteiger partial charge in [0.15, 0.2) is 0 Å². The zero-order valence-corrected chi connectivity index (χ0v) is 17.9. The first-order chi connectivity index (χ1) is 15.2. The maximum Gasteiger partial charge on any atom is 0.409 e. The molecule has 2 aromatic rings. The van der Waals surface area contributed by atoms with E-state index in [2.05, 4.69) is 30.2 Å². The molecule has 0 saturated heterocycles. The average molecular weight is 424 g/mol. The fourth-order valence-electron chi connectivity index (χ4n) is 3.57. The number of carbonyl (C=O) groups is 1. The van der Waals surface area contributed by atoms with Gasteiger partial charge in [0.1, 0.15) is 13.2 Å². The third kappa shape index (κ3) is 6.31. The molecule has 31 heavy (non-hydrogen) atoms. The van der Waals surface area contributed by atoms with Gasteiger partial charge in [0.25, 0.3) is 0 Å². The zero-order valence-electron chi connectivity index (χ0n) is 17.9. The predicted octanol–water partition coefficient (Wildman–Crippen LogP) is 3.55. The summed E-state index contributed by atoms with van der Waals surface area (Å²) in [6.07, 6.45) is 4.73. The molecule has 0 bridgehead atoms. The van der Waals surface area contributed by atoms with E-state index in [0.29, 0.717) is 52.8 Å². The number of ether oxygens (including phenoxy) is 4. The van der Waals surface area contributed by atoms with Crippen molar-refractivity contribution in [3.05, 3.63) is 59.7 Å². The molecule has 1 aliphatic rings. The highest BCUT2D eigenvalue weighted by Crippen LogP contribution is 2.44. The van der Waals surface area contributed by atoms with Gasteiger partial charge in [-0.15, -0.1) is 6.42 Å². The number of amides is 1. The Balaban J connectivity index is 1.35. The van der Waals surface area contributed by atoms with Crippen molar-refractivity contribution in [1.82, 2.24) is 4.90 Å². The number of hydrogen-bond acceptors (Lipinski definition) is 5. The first-order valence-electron chi connectivity index (χ1n) is 10.4. The fraction of sp³-hybridized carbons (Fsp3) is 0.400. The zero-order chi connectivity index (χ0) is 21.9. The van der Waals surface area contributed by atoms with E-state index < -0.39 is 0 Å². The van der Waals surface area contributed by atoms with Crippen LogP contribution in [0.2, 0.25) is 0 Å². The molecule has 0 spiro atoms. The van der Waals surface area contributed by atoms with Crippen molar-refractivity contribution in [3.8, 4) is 23.5 Å². The number of carbonyl (C=O) groups excluding carboxylic acids is 1. The average Bonchev–Trinajstić information content (AvgIpc) is 3.12. The van der Waals surface area contributed by atoms with Crippen molar-refractivity contribution in [2.75, 3.05) is 59.8 Å². The highest BCUT2D eigenvalue weighted by Gasteiger charge is 2.29. The third-order valence-corrected chi connectivity index (χ3v) is 5.15. The molecule has 164 valence electrons. The minimum atomic E-state index is -0.354. The summed E-state index contributed by atoms with van der Waals surface area (Å²) in [5.74, 6) is 2.45. The normalized spacial score (nSPS) is 12.1. The Hall–Kier alpha value is -2.85. The number of terminal acetylenes is 1. The molecule has 6 nitrogen and oxygen atoms in total. The second kappa shape index (κ2) is 12.1. The Labute approximate surface area is 184 Å². The minimum Gasteiger partial charge on any atom is -0.448 e. The van der Waals surface area contributed by atoms with Crippen LogP contribution in [0.25, 0.3) is 11.1 Å². The molecule has 2 aromatic carbocycles. The lowest BCUT2D eigenvalue weighted by atomic mass is 9.98. The molecule has 1 aliphatic carbocycles. The maximum absolute atomic E-state index is 12.4. The van der Waals surface area contributed by atoms with E-state index in [1.807, 2.05) is 24.3 Å². The molecule has 0 atom stereocenters. The van der Waals surface area contributed by atoms with Gasteiger partial charge < -0.3 is 23.8 Å². The van der Waals surface area contributed by atoms with E-state index in [4.69, 9.17) is 25.4 Å². The van der Waals surface area contributed by atoms with Crippen molar-refractivity contribution < 1.29 is 23.7 Å². The third-order valence-electron chi connectivity index (χ3n) is 5.15. The highest BCUT2D eigenvalue weighted by atomic mass is 16.6. The number of nitrogens with zero attached hydrogens (tertiary/aromatic N) is 1. The Bertz CT molecular complexity index is 846. The molecule has 0 aromatic heterocycles. The van der Waals surface area contributed by atoms with E-state index in [1.165, 1.54) is 27.2 Å². The number of hydrogen-bond donors (Lipinski definition) is 0. The van der Waals surface area contributed by atoms with Gasteiger partial charge in [-0.1, -0.05) is 54.5 Å². The smallest absolute Gasteiger partial charge is 0.409 e. The van der Waals surface area contributed by atoms with E-state index in [1.54, 1.807) is 7.05 Å². The van der Waals surface area contributed by atoms with Crippen LogP contribution in [0.5, 0.6) is 0 Å². The topological polar surface area (TPSA) is 57.2 Å². The summed E-state index contributed by atoms with van der Waals surface area (Å²) in [5.41, 5.74) is 4.83. The van der Waals surface area contributed by atoms with Crippen molar-refractivity contribution in [3.63, 3.8) is 0 Å². The maximum atomic E-state index is 12.4. The quantitative estimate of drug-likeness (QED) is 0.386. The highest BCUT2D eigenvalue weighted by molar-refractivity contribution is 5.79. The molecule has 0 N–H and O–H groups in total. The lowest BCUT2D eigenvalue weighted by molar-refractivity contribution is 0.0161. The van der Waals surface area contributed by atoms with E-state index in [-0.39, 0.29) is 12.0 Å². The van der Waals surface area contributed by atoms with Crippen molar-refractivity contribution in [2.24, 2.45) is 0 Å². The second-order valence-corrected chi connectivity index (χ2v) is 7.21. The Morgan fingerprint density at radius 2 is 1.45 bits per heavy atom. The predicted molar refractivity (Wildman–Crippen MR) is 119 cm³/mol. The minimum absolute atomic E-state index is 0.0581. The molecule has 0 radical (unpaired) electrons. The summed E-state index contributed by atoms with van der Waals surface area (Å²) in [6, 6.07) is 16.6. The van der Waals surface area contributed by atoms with Crippen molar-refractivity contribution in [2.45, 2.75) is 5.92 Å². The molecule has 6 heteroatoms. The molecule has 0 heterocycles. The van der Waals surface area contributed by atoms with Gasteiger partial charge in [-0.25, -0.2) is 4.79 Å². The molecular weight excluding hydrogens is 394 g/mol. The van der Waals surface area contributed by atoms with Gasteiger partial charge in [0, 0.05) is 19.5 Å². The molecule has 0 unspecified atom stereocenters. The largest absolute Gasteiger partial charge is 0.448 e. The Morgan fingerprint density at radius 1 is 0.903 bits per heavy atom. The summed E-state index contributed by atoms with van der Waals surface area (Å²) in [6.45, 7) is 3.33.